The molecule has 3 heterocycles. The number of urea groups is 1. The Kier molecular flexibility index (Phi) is 7.59. The fraction of sp³-hybridized carbons (Fsp3) is 0.583. The second kappa shape index (κ2) is 10.2. The number of aromatic nitrogens is 2. The molecule has 0 N–H and O–H groups in total. The van der Waals surface area contributed by atoms with Crippen molar-refractivity contribution in [2.75, 3.05) is 53.4 Å². The maximum absolute atomic E-state index is 13.0. The van der Waals surface area contributed by atoms with E-state index in [1.54, 1.807) is 10.9 Å². The van der Waals surface area contributed by atoms with Crippen LogP contribution in [0.5, 0.6) is 0 Å². The molecule has 2 fully saturated rings. The Labute approximate surface area is 197 Å². The Morgan fingerprint density at radius 2 is 2.09 bits per heavy atom. The second-order valence-corrected chi connectivity index (χ2v) is 9.06. The standard InChI is InChI=1S/C24H36N8O/c1-7-21(27-22(19(3)15-25)20-16-26-29(6)17-20)30-11-9-24(10-12-30)18-31(14-13-28(4)5)23(33)32(24)8-2/h7,16-17H,3,8-14,18H2,1-2,4-6H3/b21-7+,27-22+. The summed E-state index contributed by atoms with van der Waals surface area (Å²) in [6, 6.07) is 2.28. The lowest BCUT2D eigenvalue weighted by Crippen LogP contribution is -2.54. The Bertz CT molecular complexity index is 975. The molecule has 9 nitrogen and oxygen atoms in total. The van der Waals surface area contributed by atoms with Gasteiger partial charge in [-0.25, -0.2) is 9.79 Å². The van der Waals surface area contributed by atoms with Gasteiger partial charge in [0.05, 0.1) is 23.0 Å². The molecule has 1 aromatic rings. The van der Waals surface area contributed by atoms with Crippen molar-refractivity contribution in [2.45, 2.75) is 32.2 Å². The average Bonchev–Trinajstić information content (AvgIpc) is 3.34. The third-order valence-electron chi connectivity index (χ3n) is 6.59. The molecule has 0 unspecified atom stereocenters. The van der Waals surface area contributed by atoms with Crippen LogP contribution in [-0.4, -0.2) is 100 Å². The number of aryl methyl sites for hydroxylation is 1. The van der Waals surface area contributed by atoms with Gasteiger partial charge in [-0.05, 0) is 46.9 Å². The topological polar surface area (TPSA) is 84.0 Å². The van der Waals surface area contributed by atoms with E-state index in [0.717, 1.165) is 63.5 Å². The molecule has 9 heteroatoms. The Hall–Kier alpha value is -3.12. The number of likely N-dealkylation sites (N-methyl/N-ethyl adjacent to an activating group) is 2. The van der Waals surface area contributed by atoms with Crippen LogP contribution in [0, 0.1) is 11.3 Å². The van der Waals surface area contributed by atoms with Crippen molar-refractivity contribution in [3.63, 3.8) is 0 Å². The van der Waals surface area contributed by atoms with E-state index in [2.05, 4.69) is 39.4 Å². The summed E-state index contributed by atoms with van der Waals surface area (Å²) in [5, 5.41) is 13.7. The van der Waals surface area contributed by atoms with E-state index in [4.69, 9.17) is 4.99 Å². The maximum Gasteiger partial charge on any atom is 0.320 e. The number of hydrogen-bond donors (Lipinski definition) is 0. The lowest BCUT2D eigenvalue weighted by molar-refractivity contribution is 0.0917. The average molecular weight is 453 g/mol. The van der Waals surface area contributed by atoms with Gasteiger partial charge in [0, 0.05) is 58.1 Å². The molecule has 0 radical (unpaired) electrons. The van der Waals surface area contributed by atoms with Gasteiger partial charge in [-0.2, -0.15) is 10.4 Å². The van der Waals surface area contributed by atoms with Crippen molar-refractivity contribution in [3.05, 3.63) is 42.0 Å². The number of amides is 2. The smallest absolute Gasteiger partial charge is 0.320 e. The molecular formula is C24H36N8O. The van der Waals surface area contributed by atoms with Crippen molar-refractivity contribution in [2.24, 2.45) is 12.0 Å². The Morgan fingerprint density at radius 3 is 2.61 bits per heavy atom. The zero-order valence-corrected chi connectivity index (χ0v) is 20.6. The Balaban J connectivity index is 1.77. The highest BCUT2D eigenvalue weighted by Gasteiger charge is 2.50. The lowest BCUT2D eigenvalue weighted by Gasteiger charge is -2.44. The van der Waals surface area contributed by atoms with Gasteiger partial charge in [0.15, 0.2) is 0 Å². The zero-order valence-electron chi connectivity index (χ0n) is 20.6. The number of carbonyl (C=O) groups is 1. The minimum absolute atomic E-state index is 0.125. The summed E-state index contributed by atoms with van der Waals surface area (Å²) in [7, 11) is 5.90. The maximum atomic E-state index is 13.0. The molecule has 0 aliphatic carbocycles. The SMILES string of the molecule is C=C(C#N)/C(=N\C(=C/C)N1CCC2(CC1)CN(CCN(C)C)C(=O)N2CC)c1cnn(C)c1. The first-order chi connectivity index (χ1) is 15.7. The third kappa shape index (κ3) is 5.11. The number of hydrogen-bond acceptors (Lipinski definition) is 6. The van der Waals surface area contributed by atoms with Crippen LogP contribution in [0.1, 0.15) is 32.3 Å². The molecule has 0 bridgehead atoms. The van der Waals surface area contributed by atoms with E-state index < -0.39 is 0 Å². The van der Waals surface area contributed by atoms with Gasteiger partial charge in [0.25, 0.3) is 0 Å². The van der Waals surface area contributed by atoms with E-state index in [0.29, 0.717) is 11.3 Å². The molecule has 1 aromatic heterocycles. The van der Waals surface area contributed by atoms with Crippen LogP contribution < -0.4 is 0 Å². The molecule has 2 saturated heterocycles. The largest absolute Gasteiger partial charge is 0.357 e. The predicted octanol–water partition coefficient (Wildman–Crippen LogP) is 2.30. The third-order valence-corrected chi connectivity index (χ3v) is 6.59. The molecular weight excluding hydrogens is 416 g/mol. The fourth-order valence-electron chi connectivity index (χ4n) is 4.76. The normalized spacial score (nSPS) is 19.1. The molecule has 178 valence electrons. The van der Waals surface area contributed by atoms with Crippen molar-refractivity contribution < 1.29 is 4.79 Å². The number of nitrogens with zero attached hydrogens (tertiary/aromatic N) is 8. The quantitative estimate of drug-likeness (QED) is 0.446. The van der Waals surface area contributed by atoms with Crippen LogP contribution in [-0.2, 0) is 7.05 Å². The summed E-state index contributed by atoms with van der Waals surface area (Å²) < 4.78 is 1.69. The molecule has 3 rings (SSSR count). The van der Waals surface area contributed by atoms with Crippen LogP contribution in [0.25, 0.3) is 0 Å². The minimum atomic E-state index is -0.125. The first-order valence-corrected chi connectivity index (χ1v) is 11.5. The molecule has 0 aromatic carbocycles. The van der Waals surface area contributed by atoms with Crippen LogP contribution in [0.3, 0.4) is 0 Å². The van der Waals surface area contributed by atoms with Crippen molar-refractivity contribution >= 4 is 11.7 Å². The lowest BCUT2D eigenvalue weighted by atomic mass is 9.86. The summed E-state index contributed by atoms with van der Waals surface area (Å²) in [5.74, 6) is 0.817. The van der Waals surface area contributed by atoms with Crippen LogP contribution in [0.15, 0.2) is 41.4 Å². The summed E-state index contributed by atoms with van der Waals surface area (Å²) in [4.78, 5) is 26.3. The van der Waals surface area contributed by atoms with Crippen LogP contribution in [0.2, 0.25) is 0 Å². The Morgan fingerprint density at radius 1 is 1.39 bits per heavy atom. The van der Waals surface area contributed by atoms with E-state index in [1.165, 1.54) is 0 Å². The number of aliphatic imine (C=N–C) groups is 1. The molecule has 1 spiro atoms. The van der Waals surface area contributed by atoms with E-state index in [-0.39, 0.29) is 11.6 Å². The first-order valence-electron chi connectivity index (χ1n) is 11.5. The number of likely N-dealkylation sites (tertiary alicyclic amines) is 1. The highest BCUT2D eigenvalue weighted by molar-refractivity contribution is 6.14. The second-order valence-electron chi connectivity index (χ2n) is 9.06. The van der Waals surface area contributed by atoms with Gasteiger partial charge < -0.3 is 19.6 Å². The summed E-state index contributed by atoms with van der Waals surface area (Å²) in [5.41, 5.74) is 1.50. The number of nitriles is 1. The molecule has 2 amide bonds. The van der Waals surface area contributed by atoms with E-state index in [9.17, 15) is 10.1 Å². The van der Waals surface area contributed by atoms with Gasteiger partial charge in [-0.15, -0.1) is 0 Å². The van der Waals surface area contributed by atoms with Gasteiger partial charge in [-0.1, -0.05) is 6.58 Å². The molecule has 0 saturated carbocycles. The number of carbonyl (C=O) groups excluding carboxylic acids is 1. The highest BCUT2D eigenvalue weighted by Crippen LogP contribution is 2.37. The molecule has 0 atom stereocenters. The highest BCUT2D eigenvalue weighted by atomic mass is 16.2. The predicted molar refractivity (Wildman–Crippen MR) is 130 cm³/mol. The number of rotatable bonds is 8. The fourth-order valence-corrected chi connectivity index (χ4v) is 4.76. The van der Waals surface area contributed by atoms with Crippen molar-refractivity contribution in [1.82, 2.24) is 29.4 Å². The minimum Gasteiger partial charge on any atom is -0.357 e. The summed E-state index contributed by atoms with van der Waals surface area (Å²) in [6.45, 7) is 12.6. The van der Waals surface area contributed by atoms with Gasteiger partial charge in [0.1, 0.15) is 11.9 Å². The summed E-state index contributed by atoms with van der Waals surface area (Å²) in [6.07, 6.45) is 7.29. The van der Waals surface area contributed by atoms with Gasteiger partial charge >= 0.3 is 6.03 Å². The van der Waals surface area contributed by atoms with Crippen LogP contribution >= 0.6 is 0 Å². The summed E-state index contributed by atoms with van der Waals surface area (Å²) >= 11 is 0. The van der Waals surface area contributed by atoms with Gasteiger partial charge in [0.2, 0.25) is 0 Å². The number of allylic oxidation sites excluding steroid dienone is 2. The van der Waals surface area contributed by atoms with E-state index >= 15 is 0 Å². The first kappa shape index (κ1) is 24.5. The molecule has 33 heavy (non-hydrogen) atoms. The van der Waals surface area contributed by atoms with Crippen molar-refractivity contribution in [3.8, 4) is 6.07 Å². The molecule has 2 aliphatic heterocycles. The van der Waals surface area contributed by atoms with E-state index in [1.807, 2.05) is 45.2 Å². The van der Waals surface area contributed by atoms with Crippen molar-refractivity contribution in [1.29, 1.82) is 5.26 Å². The monoisotopic (exact) mass is 452 g/mol. The van der Waals surface area contributed by atoms with Gasteiger partial charge in [-0.3, -0.25) is 4.68 Å². The molecule has 2 aliphatic rings. The zero-order chi connectivity index (χ0) is 24.2. The van der Waals surface area contributed by atoms with Crippen LogP contribution in [0.4, 0.5) is 4.79 Å². The number of piperidine rings is 1.